The van der Waals surface area contributed by atoms with E-state index in [0.717, 1.165) is 54.1 Å². The summed E-state index contributed by atoms with van der Waals surface area (Å²) in [5.74, 6) is -2.27. The van der Waals surface area contributed by atoms with Crippen LogP contribution < -0.4 is 24.2 Å². The molecule has 4 aromatic rings. The topological polar surface area (TPSA) is 136 Å². The number of ether oxygens (including phenoxy) is 3. The Balaban J connectivity index is 1.42. The van der Waals surface area contributed by atoms with E-state index in [0.29, 0.717) is 39.6 Å². The SMILES string of the molecule is COc1ccc([C@H](Cc2c(Cl)c[n+](O)cc2Cl)c2cc(CN(C(=O)O[C@H]3CN4CCC3CC4)c3cc(O)cc(F)c3)sc2C(=O)[O-])cc1OC. The van der Waals surface area contributed by atoms with Gasteiger partial charge in [-0.3, -0.25) is 15.0 Å². The van der Waals surface area contributed by atoms with Gasteiger partial charge in [0.05, 0.1) is 37.3 Å². The monoisotopic (exact) mass is 745 g/mol. The van der Waals surface area contributed by atoms with Gasteiger partial charge >= 0.3 is 6.09 Å². The van der Waals surface area contributed by atoms with E-state index < -0.39 is 29.5 Å². The molecule has 0 unspecified atom stereocenters. The van der Waals surface area contributed by atoms with Gasteiger partial charge in [-0.25, -0.2) is 9.18 Å². The Morgan fingerprint density at radius 2 is 1.78 bits per heavy atom. The van der Waals surface area contributed by atoms with Crippen LogP contribution >= 0.6 is 34.5 Å². The number of nitrogens with zero attached hydrogens (tertiary/aromatic N) is 3. The second kappa shape index (κ2) is 14.9. The van der Waals surface area contributed by atoms with Gasteiger partial charge in [-0.1, -0.05) is 29.3 Å². The minimum atomic E-state index is -1.45. The van der Waals surface area contributed by atoms with Gasteiger partial charge in [0.1, 0.15) is 27.7 Å². The number of piperidine rings is 3. The van der Waals surface area contributed by atoms with Crippen LogP contribution in [0.4, 0.5) is 14.9 Å². The Hall–Kier alpha value is -4.30. The highest BCUT2D eigenvalue weighted by Crippen LogP contribution is 2.41. The fourth-order valence-corrected chi connectivity index (χ4v) is 8.39. The number of carboxylic acid groups (broad SMARTS) is 1. The number of carboxylic acids is 1. The van der Waals surface area contributed by atoms with E-state index in [4.69, 9.17) is 37.4 Å². The summed E-state index contributed by atoms with van der Waals surface area (Å²) < 4.78 is 32.2. The number of halogens is 3. The van der Waals surface area contributed by atoms with Crippen molar-refractivity contribution in [2.24, 2.45) is 5.92 Å². The Morgan fingerprint density at radius 1 is 1.08 bits per heavy atom. The summed E-state index contributed by atoms with van der Waals surface area (Å²) in [6.45, 7) is 2.25. The van der Waals surface area contributed by atoms with Crippen LogP contribution in [0.3, 0.4) is 0 Å². The molecular formula is C35H34Cl2FN3O8S. The molecule has 3 saturated heterocycles. The molecule has 2 bridgehead atoms. The predicted molar refractivity (Wildman–Crippen MR) is 181 cm³/mol. The number of fused-ring (bicyclic) bond motifs is 3. The third-order valence-electron chi connectivity index (χ3n) is 9.22. The third-order valence-corrected chi connectivity index (χ3v) is 11.0. The average Bonchev–Trinajstić information content (AvgIpc) is 3.50. The first kappa shape index (κ1) is 35.5. The van der Waals surface area contributed by atoms with Crippen molar-refractivity contribution in [2.75, 3.05) is 38.8 Å². The molecule has 2 aromatic heterocycles. The number of amides is 1. The van der Waals surface area contributed by atoms with Crippen LogP contribution in [-0.4, -0.2) is 67.2 Å². The lowest BCUT2D eigenvalue weighted by atomic mass is 9.85. The highest BCUT2D eigenvalue weighted by Gasteiger charge is 2.38. The smallest absolute Gasteiger partial charge is 0.414 e. The largest absolute Gasteiger partial charge is 0.544 e. The maximum Gasteiger partial charge on any atom is 0.414 e. The quantitative estimate of drug-likeness (QED) is 0.153. The van der Waals surface area contributed by atoms with Crippen molar-refractivity contribution in [3.63, 3.8) is 0 Å². The van der Waals surface area contributed by atoms with E-state index >= 15 is 0 Å². The molecule has 2 N–H and O–H groups in total. The van der Waals surface area contributed by atoms with E-state index in [1.54, 1.807) is 24.3 Å². The molecule has 3 fully saturated rings. The molecule has 2 aromatic carbocycles. The number of anilines is 1. The summed E-state index contributed by atoms with van der Waals surface area (Å²) in [6, 6.07) is 10.1. The number of aromatic hydroxyl groups is 1. The number of phenolic OH excluding ortho intramolecular Hbond substituents is 1. The summed E-state index contributed by atoms with van der Waals surface area (Å²) in [5, 5.41) is 33.2. The first-order valence-electron chi connectivity index (χ1n) is 15.8. The maximum absolute atomic E-state index is 14.6. The number of carbonyl (C=O) groups excluding carboxylic acids is 2. The normalized spacial score (nSPS) is 18.8. The predicted octanol–water partition coefficient (Wildman–Crippen LogP) is 5.42. The molecule has 1 amide bonds. The van der Waals surface area contributed by atoms with E-state index in [-0.39, 0.29) is 45.6 Å². The molecule has 50 heavy (non-hydrogen) atoms. The van der Waals surface area contributed by atoms with Crippen molar-refractivity contribution in [1.29, 1.82) is 0 Å². The summed E-state index contributed by atoms with van der Waals surface area (Å²) in [7, 11) is 2.97. The number of hydrogen-bond donors (Lipinski definition) is 2. The van der Waals surface area contributed by atoms with E-state index in [1.807, 2.05) is 0 Å². The van der Waals surface area contributed by atoms with Crippen LogP contribution in [0.2, 0.25) is 10.0 Å². The van der Waals surface area contributed by atoms with Crippen molar-refractivity contribution in [2.45, 2.75) is 37.8 Å². The van der Waals surface area contributed by atoms with Gasteiger partial charge in [0.25, 0.3) is 0 Å². The first-order chi connectivity index (χ1) is 23.9. The number of hydrogen-bond acceptors (Lipinski definition) is 10. The second-order valence-electron chi connectivity index (χ2n) is 12.3. The van der Waals surface area contributed by atoms with Crippen LogP contribution in [0.15, 0.2) is 54.9 Å². The average molecular weight is 747 g/mol. The van der Waals surface area contributed by atoms with Crippen molar-refractivity contribution in [3.05, 3.63) is 97.2 Å². The van der Waals surface area contributed by atoms with Gasteiger partial charge < -0.3 is 29.2 Å². The molecule has 11 nitrogen and oxygen atoms in total. The van der Waals surface area contributed by atoms with Crippen molar-refractivity contribution in [3.8, 4) is 17.2 Å². The number of phenols is 1. The van der Waals surface area contributed by atoms with E-state index in [2.05, 4.69) is 4.90 Å². The van der Waals surface area contributed by atoms with Crippen LogP contribution in [0.5, 0.6) is 17.2 Å². The molecule has 0 radical (unpaired) electrons. The van der Waals surface area contributed by atoms with Crippen LogP contribution in [-0.2, 0) is 17.7 Å². The van der Waals surface area contributed by atoms with Crippen molar-refractivity contribution in [1.82, 2.24) is 4.90 Å². The number of thiophene rings is 1. The second-order valence-corrected chi connectivity index (χ2v) is 14.2. The van der Waals surface area contributed by atoms with E-state index in [9.17, 15) is 29.4 Å². The lowest BCUT2D eigenvalue weighted by Gasteiger charge is -2.44. The molecule has 0 saturated carbocycles. The molecule has 3 aliphatic heterocycles. The first-order valence-corrected chi connectivity index (χ1v) is 17.4. The molecule has 0 aliphatic carbocycles. The molecule has 2 atom stereocenters. The van der Waals surface area contributed by atoms with Gasteiger partial charge in [-0.2, -0.15) is 0 Å². The van der Waals surface area contributed by atoms with E-state index in [1.165, 1.54) is 37.6 Å². The molecule has 5 heterocycles. The number of carbonyl (C=O) groups is 2. The highest BCUT2D eigenvalue weighted by atomic mass is 35.5. The summed E-state index contributed by atoms with van der Waals surface area (Å²) >= 11 is 13.9. The van der Waals surface area contributed by atoms with Gasteiger partial charge in [-0.05, 0) is 73.7 Å². The number of aromatic nitrogens is 1. The molecule has 264 valence electrons. The van der Waals surface area contributed by atoms with Crippen molar-refractivity contribution >= 4 is 52.3 Å². The zero-order valence-corrected chi connectivity index (χ0v) is 29.4. The Morgan fingerprint density at radius 3 is 2.38 bits per heavy atom. The Bertz CT molecular complexity index is 1880. The minimum Gasteiger partial charge on any atom is -0.544 e. The summed E-state index contributed by atoms with van der Waals surface area (Å²) in [6.07, 6.45) is 3.30. The Labute approximate surface area is 301 Å². The fourth-order valence-electron chi connectivity index (χ4n) is 6.74. The minimum absolute atomic E-state index is 0.0373. The van der Waals surface area contributed by atoms with Crippen molar-refractivity contribution < 1.29 is 48.3 Å². The zero-order chi connectivity index (χ0) is 35.7. The number of pyridine rings is 1. The Kier molecular flexibility index (Phi) is 10.6. The molecular weight excluding hydrogens is 712 g/mol. The zero-order valence-electron chi connectivity index (χ0n) is 27.1. The third kappa shape index (κ3) is 7.55. The van der Waals surface area contributed by atoms with Gasteiger partial charge in [0.2, 0.25) is 12.4 Å². The van der Waals surface area contributed by atoms with Gasteiger partial charge in [0, 0.05) is 39.8 Å². The number of aromatic carboxylic acids is 1. The molecule has 3 aliphatic rings. The van der Waals surface area contributed by atoms with Gasteiger partial charge in [0.15, 0.2) is 11.5 Å². The van der Waals surface area contributed by atoms with Gasteiger partial charge in [-0.15, -0.1) is 11.3 Å². The molecule has 7 rings (SSSR count). The lowest BCUT2D eigenvalue weighted by molar-refractivity contribution is -0.904. The van der Waals surface area contributed by atoms with Crippen LogP contribution in [0.25, 0.3) is 0 Å². The number of benzene rings is 2. The molecule has 15 heteroatoms. The van der Waals surface area contributed by atoms with Crippen LogP contribution in [0, 0.1) is 11.7 Å². The maximum atomic E-state index is 14.6. The molecule has 0 spiro atoms. The lowest BCUT2D eigenvalue weighted by Crippen LogP contribution is -2.53. The van der Waals surface area contributed by atoms with Crippen LogP contribution in [0.1, 0.15) is 50.0 Å². The highest BCUT2D eigenvalue weighted by molar-refractivity contribution is 7.14. The summed E-state index contributed by atoms with van der Waals surface area (Å²) in [4.78, 5) is 30.3. The summed E-state index contributed by atoms with van der Waals surface area (Å²) in [5.41, 5.74) is 1.43. The number of rotatable bonds is 11. The standard InChI is InChI=1S/C35H34Cl2FN3O8S/c1-47-30-4-3-20(9-31(30)48-2)25(14-27-28(36)16-40(46)17-29(27)37)26-13-24(50-33(26)34(43)44)15-41(22-10-21(38)11-23(42)12-22)35(45)49-32-18-39-7-5-19(32)6-8-39/h3-4,9-13,16-17,19,25,32H,5-8,14-15,18H2,1-2H3,(H2-,42,43,44,46)/t25-,32-/m0/s1. The fraction of sp³-hybridized carbons (Fsp3) is 0.343. The number of methoxy groups -OCH3 is 2.